The molecule has 0 saturated heterocycles. The van der Waals surface area contributed by atoms with Gasteiger partial charge in [-0.1, -0.05) is 24.3 Å². The fraction of sp³-hybridized carbons (Fsp3) is 0.417. The second-order valence-electron chi connectivity index (χ2n) is 9.14. The molecule has 1 atom stereocenters. The van der Waals surface area contributed by atoms with Crippen molar-refractivity contribution in [1.29, 1.82) is 0 Å². The molecule has 0 fully saturated rings. The summed E-state index contributed by atoms with van der Waals surface area (Å²) in [6.45, 7) is 3.29. The number of sulfonamides is 1. The molecule has 1 N–H and O–H groups in total. The van der Waals surface area contributed by atoms with Crippen LogP contribution in [0.15, 0.2) is 47.4 Å². The molecule has 2 aromatic rings. The zero-order chi connectivity index (χ0) is 23.3. The fourth-order valence-electron chi connectivity index (χ4n) is 4.72. The quantitative estimate of drug-likeness (QED) is 0.751. The minimum Gasteiger partial charge on any atom is -0.348 e. The maximum atomic E-state index is 13.2. The average Bonchev–Trinajstić information content (AvgIpc) is 2.94. The van der Waals surface area contributed by atoms with E-state index < -0.39 is 15.4 Å². The van der Waals surface area contributed by atoms with Gasteiger partial charge in [-0.05, 0) is 68.0 Å². The molecular weight excluding hydrogens is 426 g/mol. The first-order valence-electron chi connectivity index (χ1n) is 10.8. The van der Waals surface area contributed by atoms with E-state index in [1.807, 2.05) is 18.2 Å². The van der Waals surface area contributed by atoms with Crippen molar-refractivity contribution in [2.45, 2.75) is 49.5 Å². The lowest BCUT2D eigenvalue weighted by Gasteiger charge is -2.27. The minimum absolute atomic E-state index is 0.0748. The van der Waals surface area contributed by atoms with Crippen LogP contribution < -0.4 is 10.2 Å². The number of aryl methyl sites for hydroxylation is 1. The summed E-state index contributed by atoms with van der Waals surface area (Å²) in [6, 6.07) is 12.6. The Morgan fingerprint density at radius 3 is 2.69 bits per heavy atom. The highest BCUT2D eigenvalue weighted by Gasteiger charge is 2.43. The van der Waals surface area contributed by atoms with Crippen LogP contribution in [-0.2, 0) is 31.4 Å². The zero-order valence-electron chi connectivity index (χ0n) is 18.9. The molecule has 1 aliphatic carbocycles. The van der Waals surface area contributed by atoms with Crippen molar-refractivity contribution in [2.75, 3.05) is 25.5 Å². The van der Waals surface area contributed by atoms with E-state index >= 15 is 0 Å². The first-order chi connectivity index (χ1) is 15.0. The number of likely N-dealkylation sites (N-methyl/N-ethyl adjacent to an activating group) is 2. The summed E-state index contributed by atoms with van der Waals surface area (Å²) in [5.74, 6) is -0.420. The number of nitrogens with one attached hydrogen (secondary N) is 1. The van der Waals surface area contributed by atoms with Crippen molar-refractivity contribution < 1.29 is 18.0 Å². The Balaban J connectivity index is 1.51. The van der Waals surface area contributed by atoms with E-state index in [1.54, 1.807) is 37.9 Å². The van der Waals surface area contributed by atoms with Gasteiger partial charge in [-0.3, -0.25) is 9.59 Å². The summed E-state index contributed by atoms with van der Waals surface area (Å²) in [7, 11) is -0.813. The third-order valence-corrected chi connectivity index (χ3v) is 8.42. The molecular formula is C24H29N3O4S. The normalized spacial score (nSPS) is 19.6. The Bertz CT molecular complexity index is 1190. The van der Waals surface area contributed by atoms with Gasteiger partial charge in [0.25, 0.3) is 0 Å². The maximum Gasteiger partial charge on any atom is 0.243 e. The molecule has 4 rings (SSSR count). The molecule has 2 amide bonds. The summed E-state index contributed by atoms with van der Waals surface area (Å²) in [4.78, 5) is 26.9. The van der Waals surface area contributed by atoms with Crippen molar-refractivity contribution in [2.24, 2.45) is 0 Å². The third kappa shape index (κ3) is 3.71. The molecule has 8 heteroatoms. The monoisotopic (exact) mass is 455 g/mol. The Labute approximate surface area is 189 Å². The third-order valence-electron chi connectivity index (χ3n) is 6.62. The molecule has 32 heavy (non-hydrogen) atoms. The molecule has 1 heterocycles. The van der Waals surface area contributed by atoms with Crippen LogP contribution in [0, 0.1) is 0 Å². The first-order valence-corrected chi connectivity index (χ1v) is 12.2. The number of nitrogens with zero attached hydrogens (tertiary/aromatic N) is 2. The van der Waals surface area contributed by atoms with Crippen LogP contribution >= 0.6 is 0 Å². The predicted octanol–water partition coefficient (Wildman–Crippen LogP) is 2.75. The summed E-state index contributed by atoms with van der Waals surface area (Å²) in [5, 5.41) is 3.00. The van der Waals surface area contributed by atoms with Gasteiger partial charge < -0.3 is 10.2 Å². The highest BCUT2D eigenvalue weighted by molar-refractivity contribution is 7.89. The Morgan fingerprint density at radius 1 is 1.22 bits per heavy atom. The van der Waals surface area contributed by atoms with Crippen LogP contribution in [0.25, 0.3) is 0 Å². The molecule has 2 aromatic carbocycles. The summed E-state index contributed by atoms with van der Waals surface area (Å²) < 4.78 is 27.4. The van der Waals surface area contributed by atoms with Crippen molar-refractivity contribution in [3.05, 3.63) is 59.2 Å². The van der Waals surface area contributed by atoms with E-state index in [9.17, 15) is 18.0 Å². The van der Waals surface area contributed by atoms with Gasteiger partial charge in [0.15, 0.2) is 0 Å². The molecule has 7 nitrogen and oxygen atoms in total. The van der Waals surface area contributed by atoms with Gasteiger partial charge in [-0.25, -0.2) is 8.42 Å². The lowest BCUT2D eigenvalue weighted by atomic mass is 9.86. The number of amides is 2. The van der Waals surface area contributed by atoms with Gasteiger partial charge in [-0.2, -0.15) is 4.31 Å². The van der Waals surface area contributed by atoms with Crippen molar-refractivity contribution in [1.82, 2.24) is 9.62 Å². The standard InChI is InChI=1S/C24H29N3O4S/c1-24(2)19-14-17(12-13-21(19)27(4)23(24)29)32(30,31)26(3)15-22(28)25-20-11-7-9-16-8-5-6-10-18(16)20/h5-6,8,10,12-14,20H,7,9,11,15H2,1-4H3,(H,25,28)/t20-/m1/s1. The van der Waals surface area contributed by atoms with Crippen molar-refractivity contribution in [3.8, 4) is 0 Å². The lowest BCUT2D eigenvalue weighted by molar-refractivity contribution is -0.122. The highest BCUT2D eigenvalue weighted by Crippen LogP contribution is 2.41. The van der Waals surface area contributed by atoms with Crippen LogP contribution in [0.5, 0.6) is 0 Å². The number of carbonyl (C=O) groups excluding carboxylic acids is 2. The highest BCUT2D eigenvalue weighted by atomic mass is 32.2. The van der Waals surface area contributed by atoms with E-state index in [0.29, 0.717) is 11.3 Å². The predicted molar refractivity (Wildman–Crippen MR) is 123 cm³/mol. The van der Waals surface area contributed by atoms with E-state index in [4.69, 9.17) is 0 Å². The number of rotatable bonds is 5. The maximum absolute atomic E-state index is 13.2. The van der Waals surface area contributed by atoms with Crippen molar-refractivity contribution >= 4 is 27.5 Å². The number of hydrogen-bond donors (Lipinski definition) is 1. The molecule has 2 aliphatic rings. The Kier molecular flexibility index (Phi) is 5.63. The molecule has 1 aliphatic heterocycles. The topological polar surface area (TPSA) is 86.8 Å². The summed E-state index contributed by atoms with van der Waals surface area (Å²) in [5.41, 5.74) is 2.90. The fourth-order valence-corrected chi connectivity index (χ4v) is 5.88. The number of fused-ring (bicyclic) bond motifs is 2. The number of hydrogen-bond acceptors (Lipinski definition) is 4. The average molecular weight is 456 g/mol. The molecule has 0 saturated carbocycles. The second kappa shape index (κ2) is 8.01. The molecule has 0 aromatic heterocycles. The first kappa shape index (κ1) is 22.5. The zero-order valence-corrected chi connectivity index (χ0v) is 19.7. The molecule has 0 unspecified atom stereocenters. The van der Waals surface area contributed by atoms with Gasteiger partial charge >= 0.3 is 0 Å². The Hall–Kier alpha value is -2.71. The summed E-state index contributed by atoms with van der Waals surface area (Å²) >= 11 is 0. The summed E-state index contributed by atoms with van der Waals surface area (Å²) in [6.07, 6.45) is 2.80. The second-order valence-corrected chi connectivity index (χ2v) is 11.2. The van der Waals surface area contributed by atoms with Gasteiger partial charge in [-0.15, -0.1) is 0 Å². The van der Waals surface area contributed by atoms with E-state index in [0.717, 1.165) is 29.1 Å². The van der Waals surface area contributed by atoms with Crippen LogP contribution in [-0.4, -0.2) is 45.2 Å². The van der Waals surface area contributed by atoms with Gasteiger partial charge in [0.1, 0.15) is 0 Å². The number of carbonyl (C=O) groups is 2. The number of anilines is 1. The number of benzene rings is 2. The molecule has 0 spiro atoms. The minimum atomic E-state index is -3.90. The van der Waals surface area contributed by atoms with Crippen LogP contribution in [0.4, 0.5) is 5.69 Å². The van der Waals surface area contributed by atoms with Crippen LogP contribution in [0.2, 0.25) is 0 Å². The smallest absolute Gasteiger partial charge is 0.243 e. The Morgan fingerprint density at radius 2 is 1.94 bits per heavy atom. The van der Waals surface area contributed by atoms with Gasteiger partial charge in [0, 0.05) is 19.8 Å². The molecule has 0 bridgehead atoms. The van der Waals surface area contributed by atoms with E-state index in [1.165, 1.54) is 18.7 Å². The largest absolute Gasteiger partial charge is 0.348 e. The van der Waals surface area contributed by atoms with E-state index in [2.05, 4.69) is 11.4 Å². The molecule has 0 radical (unpaired) electrons. The van der Waals surface area contributed by atoms with Crippen molar-refractivity contribution in [3.63, 3.8) is 0 Å². The van der Waals surface area contributed by atoms with Gasteiger partial charge in [0.2, 0.25) is 21.8 Å². The molecule has 170 valence electrons. The lowest BCUT2D eigenvalue weighted by Crippen LogP contribution is -2.40. The van der Waals surface area contributed by atoms with E-state index in [-0.39, 0.29) is 29.3 Å². The SMILES string of the molecule is CN1C(=O)C(C)(C)c2cc(S(=O)(=O)N(C)CC(=O)N[C@@H]3CCCc4ccccc43)ccc21. The van der Waals surface area contributed by atoms with Gasteiger partial charge in [0.05, 0.1) is 22.9 Å². The van der Waals surface area contributed by atoms with Crippen LogP contribution in [0.1, 0.15) is 49.4 Å². The van der Waals surface area contributed by atoms with Crippen LogP contribution in [0.3, 0.4) is 0 Å².